The molecule has 0 saturated heterocycles. The number of carbonyl (C=O) groups excluding carboxylic acids is 1. The zero-order valence-electron chi connectivity index (χ0n) is 10.9. The summed E-state index contributed by atoms with van der Waals surface area (Å²) in [5.41, 5.74) is 5.62. The van der Waals surface area contributed by atoms with Crippen molar-refractivity contribution in [2.24, 2.45) is 5.73 Å². The highest BCUT2D eigenvalue weighted by molar-refractivity contribution is 7.17. The number of rotatable bonds is 5. The maximum absolute atomic E-state index is 11.7. The number of hydrogen-bond acceptors (Lipinski definition) is 7. The van der Waals surface area contributed by atoms with E-state index in [4.69, 9.17) is 14.9 Å². The molecule has 20 heavy (non-hydrogen) atoms. The molecule has 2 aromatic rings. The smallest absolute Gasteiger partial charge is 0.357 e. The van der Waals surface area contributed by atoms with Crippen molar-refractivity contribution in [2.45, 2.75) is 19.4 Å². The number of carbonyl (C=O) groups is 1. The molecule has 2 heterocycles. The first kappa shape index (κ1) is 14.4. The Bertz CT molecular complexity index is 689. The molecule has 0 aliphatic rings. The maximum Gasteiger partial charge on any atom is 0.357 e. The average Bonchev–Trinajstić information content (AvgIpc) is 2.91. The van der Waals surface area contributed by atoms with E-state index < -0.39 is 17.6 Å². The van der Waals surface area contributed by atoms with Crippen LogP contribution in [0.25, 0.3) is 10.2 Å². The number of fused-ring (bicyclic) bond motifs is 1. The Balaban J connectivity index is 2.12. The SMILES string of the molecule is C/C=C\CCOC(=O)C(N)c1nc2ccsc2c(=O)o1. The second-order valence-electron chi connectivity index (χ2n) is 3.98. The van der Waals surface area contributed by atoms with Crippen LogP contribution in [0.5, 0.6) is 0 Å². The lowest BCUT2D eigenvalue weighted by atomic mass is 10.3. The van der Waals surface area contributed by atoms with Crippen LogP contribution in [0.2, 0.25) is 0 Å². The van der Waals surface area contributed by atoms with Crippen molar-refractivity contribution in [1.29, 1.82) is 0 Å². The van der Waals surface area contributed by atoms with Gasteiger partial charge in [0.15, 0.2) is 6.04 Å². The van der Waals surface area contributed by atoms with Gasteiger partial charge in [0.1, 0.15) is 4.70 Å². The normalized spacial score (nSPS) is 12.9. The summed E-state index contributed by atoms with van der Waals surface area (Å²) < 4.78 is 10.3. The number of thiophene rings is 1. The highest BCUT2D eigenvalue weighted by atomic mass is 32.1. The molecule has 2 N–H and O–H groups in total. The number of aromatic nitrogens is 1. The molecule has 0 saturated carbocycles. The van der Waals surface area contributed by atoms with E-state index in [1.807, 2.05) is 19.1 Å². The van der Waals surface area contributed by atoms with Crippen molar-refractivity contribution in [1.82, 2.24) is 4.98 Å². The van der Waals surface area contributed by atoms with Crippen LogP contribution in [0.4, 0.5) is 0 Å². The third-order valence-electron chi connectivity index (χ3n) is 2.54. The van der Waals surface area contributed by atoms with Crippen molar-refractivity contribution in [2.75, 3.05) is 6.61 Å². The molecule has 0 amide bonds. The van der Waals surface area contributed by atoms with Crippen molar-refractivity contribution in [3.05, 3.63) is 39.9 Å². The average molecular weight is 294 g/mol. The van der Waals surface area contributed by atoms with E-state index in [-0.39, 0.29) is 12.5 Å². The zero-order valence-corrected chi connectivity index (χ0v) is 11.7. The minimum Gasteiger partial charge on any atom is -0.464 e. The van der Waals surface area contributed by atoms with E-state index in [0.29, 0.717) is 16.6 Å². The highest BCUT2D eigenvalue weighted by Gasteiger charge is 2.23. The Morgan fingerprint density at radius 3 is 3.20 bits per heavy atom. The standard InChI is InChI=1S/C13H14N2O4S/c1-2-3-4-6-18-12(16)9(14)11-15-8-5-7-20-10(8)13(17)19-11/h2-3,5,7,9H,4,6,14H2,1H3/b3-2-. The van der Waals surface area contributed by atoms with Gasteiger partial charge in [-0.1, -0.05) is 12.2 Å². The number of nitrogens with zero attached hydrogens (tertiary/aromatic N) is 1. The van der Waals surface area contributed by atoms with Gasteiger partial charge in [-0.05, 0) is 24.8 Å². The number of nitrogens with two attached hydrogens (primary N) is 1. The fraction of sp³-hybridized carbons (Fsp3) is 0.308. The molecular weight excluding hydrogens is 280 g/mol. The molecule has 7 heteroatoms. The predicted octanol–water partition coefficient (Wildman–Crippen LogP) is 1.76. The molecule has 0 radical (unpaired) electrons. The second-order valence-corrected chi connectivity index (χ2v) is 4.89. The largest absolute Gasteiger partial charge is 0.464 e. The fourth-order valence-corrected chi connectivity index (χ4v) is 2.25. The molecule has 0 aliphatic carbocycles. The Hall–Kier alpha value is -1.99. The van der Waals surface area contributed by atoms with Crippen LogP contribution in [0.15, 0.2) is 32.8 Å². The summed E-state index contributed by atoms with van der Waals surface area (Å²) in [5, 5.41) is 1.72. The van der Waals surface area contributed by atoms with E-state index in [1.165, 1.54) is 11.3 Å². The summed E-state index contributed by atoms with van der Waals surface area (Å²) in [4.78, 5) is 27.5. The van der Waals surface area contributed by atoms with Gasteiger partial charge in [-0.3, -0.25) is 0 Å². The lowest BCUT2D eigenvalue weighted by Crippen LogP contribution is -2.26. The van der Waals surface area contributed by atoms with Crippen LogP contribution in [-0.4, -0.2) is 17.6 Å². The first-order valence-corrected chi connectivity index (χ1v) is 6.93. The van der Waals surface area contributed by atoms with Crippen molar-refractivity contribution in [3.8, 4) is 0 Å². The van der Waals surface area contributed by atoms with E-state index >= 15 is 0 Å². The first-order valence-electron chi connectivity index (χ1n) is 6.05. The van der Waals surface area contributed by atoms with Crippen LogP contribution in [0, 0.1) is 0 Å². The predicted molar refractivity (Wildman–Crippen MR) is 75.5 cm³/mol. The molecule has 6 nitrogen and oxygen atoms in total. The van der Waals surface area contributed by atoms with Gasteiger partial charge in [0.25, 0.3) is 0 Å². The molecule has 2 rings (SSSR count). The van der Waals surface area contributed by atoms with Gasteiger partial charge in [-0.25, -0.2) is 14.6 Å². The van der Waals surface area contributed by atoms with Crippen LogP contribution in [-0.2, 0) is 9.53 Å². The van der Waals surface area contributed by atoms with E-state index in [2.05, 4.69) is 4.98 Å². The molecule has 106 valence electrons. The number of esters is 1. The third-order valence-corrected chi connectivity index (χ3v) is 3.43. The Morgan fingerprint density at radius 2 is 2.45 bits per heavy atom. The van der Waals surface area contributed by atoms with Gasteiger partial charge in [-0.15, -0.1) is 11.3 Å². The monoisotopic (exact) mass is 294 g/mol. The number of ether oxygens (including phenoxy) is 1. The lowest BCUT2D eigenvalue weighted by Gasteiger charge is -2.08. The second kappa shape index (κ2) is 6.44. The van der Waals surface area contributed by atoms with E-state index in [1.54, 1.807) is 11.4 Å². The Morgan fingerprint density at radius 1 is 1.65 bits per heavy atom. The highest BCUT2D eigenvalue weighted by Crippen LogP contribution is 2.17. The summed E-state index contributed by atoms with van der Waals surface area (Å²) in [6.07, 6.45) is 4.34. The molecule has 1 atom stereocenters. The molecular formula is C13H14N2O4S. The topological polar surface area (TPSA) is 95.4 Å². The Labute approximate surface area is 118 Å². The number of allylic oxidation sites excluding steroid dienone is 1. The van der Waals surface area contributed by atoms with Crippen molar-refractivity contribution >= 4 is 27.5 Å². The van der Waals surface area contributed by atoms with Crippen LogP contribution >= 0.6 is 11.3 Å². The van der Waals surface area contributed by atoms with Crippen LogP contribution in [0.1, 0.15) is 25.3 Å². The molecule has 0 fully saturated rings. The third kappa shape index (κ3) is 3.12. The fourth-order valence-electron chi connectivity index (χ4n) is 1.54. The van der Waals surface area contributed by atoms with Gasteiger partial charge in [0.05, 0.1) is 12.1 Å². The quantitative estimate of drug-likeness (QED) is 0.513. The molecule has 0 aliphatic heterocycles. The number of hydrogen-bond donors (Lipinski definition) is 1. The van der Waals surface area contributed by atoms with E-state index in [0.717, 1.165) is 0 Å². The molecule has 0 aromatic carbocycles. The van der Waals surface area contributed by atoms with Crippen molar-refractivity contribution < 1.29 is 13.9 Å². The molecule has 0 spiro atoms. The minimum atomic E-state index is -1.20. The van der Waals surface area contributed by atoms with Gasteiger partial charge in [0, 0.05) is 0 Å². The van der Waals surface area contributed by atoms with Gasteiger partial charge in [0.2, 0.25) is 5.89 Å². The summed E-state index contributed by atoms with van der Waals surface area (Å²) in [7, 11) is 0. The first-order chi connectivity index (χ1) is 9.63. The van der Waals surface area contributed by atoms with Gasteiger partial charge in [-0.2, -0.15) is 0 Å². The van der Waals surface area contributed by atoms with Crippen LogP contribution < -0.4 is 11.4 Å². The van der Waals surface area contributed by atoms with Gasteiger partial charge >= 0.3 is 11.6 Å². The molecule has 2 aromatic heterocycles. The van der Waals surface area contributed by atoms with Crippen molar-refractivity contribution in [3.63, 3.8) is 0 Å². The van der Waals surface area contributed by atoms with Gasteiger partial charge < -0.3 is 14.9 Å². The lowest BCUT2D eigenvalue weighted by molar-refractivity contribution is -0.145. The van der Waals surface area contributed by atoms with E-state index in [9.17, 15) is 9.59 Å². The molecule has 1 unspecified atom stereocenters. The summed E-state index contributed by atoms with van der Waals surface area (Å²) in [6, 6.07) is 0.474. The van der Waals surface area contributed by atoms with Crippen LogP contribution in [0.3, 0.4) is 0 Å². The molecule has 0 bridgehead atoms. The Kier molecular flexibility index (Phi) is 4.65. The zero-order chi connectivity index (χ0) is 14.5. The summed E-state index contributed by atoms with van der Waals surface area (Å²) in [6.45, 7) is 2.10. The summed E-state index contributed by atoms with van der Waals surface area (Å²) in [5.74, 6) is -0.795. The summed E-state index contributed by atoms with van der Waals surface area (Å²) >= 11 is 1.23. The minimum absolute atomic E-state index is 0.128. The maximum atomic E-state index is 11.7.